The van der Waals surface area contributed by atoms with Crippen LogP contribution in [0.15, 0.2) is 53.9 Å². The van der Waals surface area contributed by atoms with E-state index in [9.17, 15) is 9.90 Å². The second kappa shape index (κ2) is 6.17. The van der Waals surface area contributed by atoms with Gasteiger partial charge in [-0.25, -0.2) is 0 Å². The van der Waals surface area contributed by atoms with Crippen LogP contribution in [0.2, 0.25) is 0 Å². The van der Waals surface area contributed by atoms with E-state index in [0.29, 0.717) is 6.42 Å². The van der Waals surface area contributed by atoms with Crippen molar-refractivity contribution in [3.05, 3.63) is 64.4 Å². The lowest BCUT2D eigenvalue weighted by atomic mass is 10.0. The first-order valence-electron chi connectivity index (χ1n) is 5.75. The molecule has 0 aliphatic rings. The van der Waals surface area contributed by atoms with Crippen LogP contribution in [0, 0.1) is 0 Å². The summed E-state index contributed by atoms with van der Waals surface area (Å²) in [7, 11) is 0. The van der Waals surface area contributed by atoms with E-state index in [1.54, 1.807) is 0 Å². The number of aliphatic carboxylic acids is 1. The fourth-order valence-electron chi connectivity index (χ4n) is 1.73. The van der Waals surface area contributed by atoms with Crippen molar-refractivity contribution < 1.29 is 9.90 Å². The molecule has 0 spiro atoms. The van der Waals surface area contributed by atoms with Crippen molar-refractivity contribution in [2.75, 3.05) is 0 Å². The molecule has 0 radical (unpaired) electrons. The van der Waals surface area contributed by atoms with Gasteiger partial charge in [-0.3, -0.25) is 4.79 Å². The highest BCUT2D eigenvalue weighted by atomic mass is 32.1. The Bertz CT molecular complexity index is 515. The summed E-state index contributed by atoms with van der Waals surface area (Å²) in [6.45, 7) is 0. The first kappa shape index (κ1) is 12.6. The van der Waals surface area contributed by atoms with Crippen LogP contribution in [0.5, 0.6) is 0 Å². The van der Waals surface area contributed by atoms with Crippen molar-refractivity contribution in [3.63, 3.8) is 0 Å². The summed E-state index contributed by atoms with van der Waals surface area (Å²) in [5.74, 6) is -1.21. The number of carboxylic acid groups (broad SMARTS) is 1. The second-order valence-electron chi connectivity index (χ2n) is 3.95. The molecule has 1 unspecified atom stereocenters. The fourth-order valence-corrected chi connectivity index (χ4v) is 2.57. The standard InChI is InChI=1S/C15H14O2S/c16-15(17)13(14-10-5-11-18-14)9-4-8-12-6-2-1-3-7-12/h1-8,10-11,13H,9H2,(H,16,17). The highest BCUT2D eigenvalue weighted by molar-refractivity contribution is 7.10. The van der Waals surface area contributed by atoms with E-state index >= 15 is 0 Å². The van der Waals surface area contributed by atoms with E-state index in [1.165, 1.54) is 11.3 Å². The van der Waals surface area contributed by atoms with E-state index in [4.69, 9.17) is 0 Å². The van der Waals surface area contributed by atoms with Crippen LogP contribution in [-0.4, -0.2) is 11.1 Å². The highest BCUT2D eigenvalue weighted by Crippen LogP contribution is 2.25. The average Bonchev–Trinajstić information content (AvgIpc) is 2.89. The molecule has 1 aromatic carbocycles. The van der Waals surface area contributed by atoms with E-state index in [0.717, 1.165) is 10.4 Å². The van der Waals surface area contributed by atoms with Crippen molar-refractivity contribution in [2.24, 2.45) is 0 Å². The van der Waals surface area contributed by atoms with E-state index < -0.39 is 11.9 Å². The number of benzene rings is 1. The predicted molar refractivity (Wildman–Crippen MR) is 74.8 cm³/mol. The SMILES string of the molecule is O=C(O)C(CC=Cc1ccccc1)c1cccs1. The molecule has 0 bridgehead atoms. The normalized spacial score (nSPS) is 12.7. The van der Waals surface area contributed by atoms with Gasteiger partial charge in [0.1, 0.15) is 0 Å². The number of hydrogen-bond donors (Lipinski definition) is 1. The summed E-state index contributed by atoms with van der Waals surface area (Å²) < 4.78 is 0. The van der Waals surface area contributed by atoms with Gasteiger partial charge in [-0.05, 0) is 23.4 Å². The Morgan fingerprint density at radius 1 is 1.22 bits per heavy atom. The Kier molecular flexibility index (Phi) is 4.31. The Morgan fingerprint density at radius 3 is 2.61 bits per heavy atom. The van der Waals surface area contributed by atoms with Gasteiger partial charge in [0.2, 0.25) is 0 Å². The summed E-state index contributed by atoms with van der Waals surface area (Å²) in [5, 5.41) is 11.1. The summed E-state index contributed by atoms with van der Waals surface area (Å²) in [6.07, 6.45) is 4.40. The largest absolute Gasteiger partial charge is 0.481 e. The minimum absolute atomic E-state index is 0.440. The summed E-state index contributed by atoms with van der Waals surface area (Å²) in [5.41, 5.74) is 1.09. The van der Waals surface area contributed by atoms with Gasteiger partial charge in [0.25, 0.3) is 0 Å². The zero-order valence-corrected chi connectivity index (χ0v) is 10.6. The van der Waals surface area contributed by atoms with E-state index in [2.05, 4.69) is 0 Å². The molecular formula is C15H14O2S. The number of allylic oxidation sites excluding steroid dienone is 1. The molecule has 0 amide bonds. The molecule has 1 aromatic heterocycles. The van der Waals surface area contributed by atoms with Crippen LogP contribution in [-0.2, 0) is 4.79 Å². The average molecular weight is 258 g/mol. The molecule has 92 valence electrons. The molecule has 0 aliphatic carbocycles. The summed E-state index contributed by atoms with van der Waals surface area (Å²) in [4.78, 5) is 12.1. The Morgan fingerprint density at radius 2 is 2.00 bits per heavy atom. The molecule has 1 atom stereocenters. The molecule has 1 N–H and O–H groups in total. The van der Waals surface area contributed by atoms with Gasteiger partial charge < -0.3 is 5.11 Å². The van der Waals surface area contributed by atoms with E-state index in [-0.39, 0.29) is 0 Å². The van der Waals surface area contributed by atoms with Crippen molar-refractivity contribution in [2.45, 2.75) is 12.3 Å². The Hall–Kier alpha value is -1.87. The number of carboxylic acids is 1. The fraction of sp³-hybridized carbons (Fsp3) is 0.133. The first-order valence-corrected chi connectivity index (χ1v) is 6.63. The maximum Gasteiger partial charge on any atom is 0.312 e. The number of carbonyl (C=O) groups is 1. The van der Waals surface area contributed by atoms with Crippen LogP contribution in [0.25, 0.3) is 6.08 Å². The Balaban J connectivity index is 2.03. The minimum atomic E-state index is -0.768. The quantitative estimate of drug-likeness (QED) is 0.879. The number of thiophene rings is 1. The molecular weight excluding hydrogens is 244 g/mol. The molecule has 0 fully saturated rings. The van der Waals surface area contributed by atoms with Crippen molar-refractivity contribution in [1.82, 2.24) is 0 Å². The molecule has 18 heavy (non-hydrogen) atoms. The first-order chi connectivity index (χ1) is 8.77. The minimum Gasteiger partial charge on any atom is -0.481 e. The van der Waals surface area contributed by atoms with Gasteiger partial charge >= 0.3 is 5.97 Å². The molecule has 0 aliphatic heterocycles. The van der Waals surface area contributed by atoms with Gasteiger partial charge in [0.05, 0.1) is 5.92 Å². The lowest BCUT2D eigenvalue weighted by Gasteiger charge is -2.06. The third-order valence-electron chi connectivity index (χ3n) is 2.67. The third-order valence-corrected chi connectivity index (χ3v) is 3.65. The lowest BCUT2D eigenvalue weighted by molar-refractivity contribution is -0.138. The van der Waals surface area contributed by atoms with Gasteiger partial charge in [-0.2, -0.15) is 0 Å². The van der Waals surface area contributed by atoms with Gasteiger partial charge in [0.15, 0.2) is 0 Å². The molecule has 2 aromatic rings. The summed E-state index contributed by atoms with van der Waals surface area (Å²) in [6, 6.07) is 13.6. The molecule has 2 rings (SSSR count). The second-order valence-corrected chi connectivity index (χ2v) is 4.93. The highest BCUT2D eigenvalue weighted by Gasteiger charge is 2.18. The summed E-state index contributed by atoms with van der Waals surface area (Å²) >= 11 is 1.49. The van der Waals surface area contributed by atoms with Crippen LogP contribution < -0.4 is 0 Å². The molecule has 0 saturated heterocycles. The van der Waals surface area contributed by atoms with Crippen molar-refractivity contribution in [1.29, 1.82) is 0 Å². The molecule has 1 heterocycles. The maximum absolute atomic E-state index is 11.2. The smallest absolute Gasteiger partial charge is 0.312 e. The topological polar surface area (TPSA) is 37.3 Å². The zero-order chi connectivity index (χ0) is 12.8. The van der Waals surface area contributed by atoms with Crippen LogP contribution in [0.1, 0.15) is 22.8 Å². The third kappa shape index (κ3) is 3.31. The van der Waals surface area contributed by atoms with Crippen molar-refractivity contribution in [3.8, 4) is 0 Å². The molecule has 3 heteroatoms. The predicted octanol–water partition coefficient (Wildman–Crippen LogP) is 4.02. The Labute approximate surface area is 110 Å². The van der Waals surface area contributed by atoms with Crippen LogP contribution in [0.4, 0.5) is 0 Å². The number of rotatable bonds is 5. The monoisotopic (exact) mass is 258 g/mol. The maximum atomic E-state index is 11.2. The van der Waals surface area contributed by atoms with Crippen molar-refractivity contribution >= 4 is 23.4 Å². The number of hydrogen-bond acceptors (Lipinski definition) is 2. The van der Waals surface area contributed by atoms with Crippen LogP contribution >= 0.6 is 11.3 Å². The van der Waals surface area contributed by atoms with Gasteiger partial charge in [0, 0.05) is 4.88 Å². The van der Waals surface area contributed by atoms with E-state index in [1.807, 2.05) is 60.0 Å². The molecule has 0 saturated carbocycles. The van der Waals surface area contributed by atoms with Crippen LogP contribution in [0.3, 0.4) is 0 Å². The molecule has 2 nitrogen and oxygen atoms in total. The lowest BCUT2D eigenvalue weighted by Crippen LogP contribution is -2.09. The zero-order valence-electron chi connectivity index (χ0n) is 9.82. The van der Waals surface area contributed by atoms with Gasteiger partial charge in [-0.15, -0.1) is 11.3 Å². The van der Waals surface area contributed by atoms with Gasteiger partial charge in [-0.1, -0.05) is 48.6 Å².